The van der Waals surface area contributed by atoms with Gasteiger partial charge in [0.15, 0.2) is 5.65 Å². The Morgan fingerprint density at radius 1 is 1.53 bits per heavy atom. The summed E-state index contributed by atoms with van der Waals surface area (Å²) in [6.07, 6.45) is 2.91. The summed E-state index contributed by atoms with van der Waals surface area (Å²) < 4.78 is 7.19. The van der Waals surface area contributed by atoms with E-state index in [0.717, 1.165) is 18.7 Å². The predicted octanol–water partition coefficient (Wildman–Crippen LogP) is 1.63. The minimum atomic E-state index is -0.0417. The van der Waals surface area contributed by atoms with Crippen LogP contribution in [0.15, 0.2) is 18.3 Å². The highest BCUT2D eigenvalue weighted by Crippen LogP contribution is 2.22. The van der Waals surface area contributed by atoms with Crippen molar-refractivity contribution in [3.8, 4) is 0 Å². The fourth-order valence-electron chi connectivity index (χ4n) is 2.07. The molecule has 5 nitrogen and oxygen atoms in total. The van der Waals surface area contributed by atoms with Crippen LogP contribution in [0.4, 0.5) is 5.95 Å². The Hall–Kier alpha value is -1.62. The largest absolute Gasteiger partial charge is 0.379 e. The second kappa shape index (κ2) is 3.70. The summed E-state index contributed by atoms with van der Waals surface area (Å²) in [5.74, 6) is 0.670. The first-order valence-electron chi connectivity index (χ1n) is 5.84. The predicted molar refractivity (Wildman–Crippen MR) is 65.2 cm³/mol. The van der Waals surface area contributed by atoms with E-state index in [-0.39, 0.29) is 5.54 Å². The van der Waals surface area contributed by atoms with Crippen molar-refractivity contribution in [1.29, 1.82) is 0 Å². The zero-order valence-corrected chi connectivity index (χ0v) is 10.1. The zero-order chi connectivity index (χ0) is 11.9. The van der Waals surface area contributed by atoms with Gasteiger partial charge < -0.3 is 10.1 Å². The van der Waals surface area contributed by atoms with E-state index in [4.69, 9.17) is 4.74 Å². The van der Waals surface area contributed by atoms with Gasteiger partial charge in [0.25, 0.3) is 0 Å². The van der Waals surface area contributed by atoms with E-state index in [1.54, 1.807) is 4.52 Å². The highest BCUT2D eigenvalue weighted by Gasteiger charge is 2.30. The van der Waals surface area contributed by atoms with Gasteiger partial charge in [-0.25, -0.2) is 4.52 Å². The molecule has 2 aromatic heterocycles. The Kier molecular flexibility index (Phi) is 2.29. The van der Waals surface area contributed by atoms with Crippen LogP contribution in [0.3, 0.4) is 0 Å². The number of ether oxygens (including phenoxy) is 1. The Bertz CT molecular complexity index is 542. The molecule has 5 heteroatoms. The van der Waals surface area contributed by atoms with Gasteiger partial charge >= 0.3 is 0 Å². The summed E-state index contributed by atoms with van der Waals surface area (Å²) in [6.45, 7) is 5.70. The van der Waals surface area contributed by atoms with Gasteiger partial charge in [0.1, 0.15) is 0 Å². The van der Waals surface area contributed by atoms with Crippen LogP contribution >= 0.6 is 0 Å². The maximum Gasteiger partial charge on any atom is 0.243 e. The van der Waals surface area contributed by atoms with Gasteiger partial charge in [-0.3, -0.25) is 0 Å². The van der Waals surface area contributed by atoms with Crippen molar-refractivity contribution >= 4 is 11.6 Å². The minimum absolute atomic E-state index is 0.0417. The molecule has 1 aliphatic heterocycles. The van der Waals surface area contributed by atoms with Gasteiger partial charge in [0, 0.05) is 12.8 Å². The second-order valence-corrected chi connectivity index (χ2v) is 4.93. The highest BCUT2D eigenvalue weighted by atomic mass is 16.5. The Morgan fingerprint density at radius 2 is 2.41 bits per heavy atom. The van der Waals surface area contributed by atoms with Crippen LogP contribution in [0, 0.1) is 6.92 Å². The summed E-state index contributed by atoms with van der Waals surface area (Å²) in [5, 5.41) is 7.76. The lowest BCUT2D eigenvalue weighted by atomic mass is 10.0. The molecule has 17 heavy (non-hydrogen) atoms. The number of hydrogen-bond acceptors (Lipinski definition) is 4. The molecule has 90 valence electrons. The van der Waals surface area contributed by atoms with E-state index in [9.17, 15) is 0 Å². The molecule has 1 N–H and O–H groups in total. The average Bonchev–Trinajstić information content (AvgIpc) is 2.84. The molecule has 0 spiro atoms. The summed E-state index contributed by atoms with van der Waals surface area (Å²) >= 11 is 0. The number of pyridine rings is 1. The van der Waals surface area contributed by atoms with Gasteiger partial charge in [0.05, 0.1) is 12.1 Å². The van der Waals surface area contributed by atoms with Crippen LogP contribution in [0.25, 0.3) is 5.65 Å². The lowest BCUT2D eigenvalue weighted by Crippen LogP contribution is -2.35. The molecule has 1 atom stereocenters. The van der Waals surface area contributed by atoms with Gasteiger partial charge in [0.2, 0.25) is 5.95 Å². The first-order chi connectivity index (χ1) is 8.15. The first kappa shape index (κ1) is 10.5. The Balaban J connectivity index is 1.90. The monoisotopic (exact) mass is 232 g/mol. The molecular formula is C12H16N4O. The van der Waals surface area contributed by atoms with Crippen molar-refractivity contribution in [2.45, 2.75) is 25.8 Å². The van der Waals surface area contributed by atoms with Gasteiger partial charge in [-0.15, -0.1) is 5.10 Å². The van der Waals surface area contributed by atoms with Crippen LogP contribution < -0.4 is 5.32 Å². The molecule has 0 bridgehead atoms. The average molecular weight is 232 g/mol. The molecule has 0 aliphatic carbocycles. The number of nitrogens with zero attached hydrogens (tertiary/aromatic N) is 3. The van der Waals surface area contributed by atoms with Crippen molar-refractivity contribution in [3.63, 3.8) is 0 Å². The molecule has 2 aromatic rings. The molecule has 0 radical (unpaired) electrons. The standard InChI is InChI=1S/C12H16N4O/c1-9-3-5-16-10(7-9)13-11(15-16)14-12(2)4-6-17-8-12/h3,5,7H,4,6,8H2,1-2H3,(H,14,15). The molecule has 0 amide bonds. The number of nitrogens with one attached hydrogen (secondary N) is 1. The van der Waals surface area contributed by atoms with Gasteiger partial charge in [-0.2, -0.15) is 4.98 Å². The number of anilines is 1. The summed E-state index contributed by atoms with van der Waals surface area (Å²) in [6, 6.07) is 4.04. The van der Waals surface area contributed by atoms with E-state index in [2.05, 4.69) is 22.3 Å². The van der Waals surface area contributed by atoms with Crippen molar-refractivity contribution in [2.24, 2.45) is 0 Å². The third kappa shape index (κ3) is 1.98. The Morgan fingerprint density at radius 3 is 3.18 bits per heavy atom. The molecule has 0 aromatic carbocycles. The fourth-order valence-corrected chi connectivity index (χ4v) is 2.07. The third-order valence-corrected chi connectivity index (χ3v) is 3.13. The number of fused-ring (bicyclic) bond motifs is 1. The lowest BCUT2D eigenvalue weighted by molar-refractivity contribution is 0.185. The molecule has 3 rings (SSSR count). The second-order valence-electron chi connectivity index (χ2n) is 4.93. The zero-order valence-electron chi connectivity index (χ0n) is 10.1. The number of aromatic nitrogens is 3. The third-order valence-electron chi connectivity index (χ3n) is 3.13. The smallest absolute Gasteiger partial charge is 0.243 e. The molecular weight excluding hydrogens is 216 g/mol. The van der Waals surface area contributed by atoms with E-state index in [0.29, 0.717) is 12.6 Å². The van der Waals surface area contributed by atoms with Crippen LogP contribution in [0.5, 0.6) is 0 Å². The molecule has 0 saturated carbocycles. The quantitative estimate of drug-likeness (QED) is 0.855. The van der Waals surface area contributed by atoms with Crippen LogP contribution in [-0.4, -0.2) is 33.4 Å². The van der Waals surface area contributed by atoms with Crippen LogP contribution in [0.2, 0.25) is 0 Å². The van der Waals surface area contributed by atoms with Crippen LogP contribution in [0.1, 0.15) is 18.9 Å². The Labute approximate surface area is 99.8 Å². The van der Waals surface area contributed by atoms with E-state index < -0.39 is 0 Å². The molecule has 1 unspecified atom stereocenters. The van der Waals surface area contributed by atoms with Gasteiger partial charge in [-0.1, -0.05) is 0 Å². The number of rotatable bonds is 2. The molecule has 1 aliphatic rings. The van der Waals surface area contributed by atoms with E-state index in [1.807, 2.05) is 25.3 Å². The normalized spacial score (nSPS) is 24.4. The molecule has 1 saturated heterocycles. The first-order valence-corrected chi connectivity index (χ1v) is 5.84. The van der Waals surface area contributed by atoms with Crippen LogP contribution in [-0.2, 0) is 4.74 Å². The molecule has 1 fully saturated rings. The number of aryl methyl sites for hydroxylation is 1. The number of hydrogen-bond donors (Lipinski definition) is 1. The maximum atomic E-state index is 5.40. The SMILES string of the molecule is Cc1ccn2nc(NC3(C)CCOC3)nc2c1. The van der Waals surface area contributed by atoms with Crippen molar-refractivity contribution in [3.05, 3.63) is 23.9 Å². The lowest BCUT2D eigenvalue weighted by Gasteiger charge is -2.21. The van der Waals surface area contributed by atoms with E-state index >= 15 is 0 Å². The van der Waals surface area contributed by atoms with Crippen molar-refractivity contribution in [1.82, 2.24) is 14.6 Å². The summed E-state index contributed by atoms with van der Waals surface area (Å²) in [4.78, 5) is 4.47. The van der Waals surface area contributed by atoms with Crippen molar-refractivity contribution < 1.29 is 4.74 Å². The molecule has 3 heterocycles. The summed E-state index contributed by atoms with van der Waals surface area (Å²) in [7, 11) is 0. The topological polar surface area (TPSA) is 51.5 Å². The highest BCUT2D eigenvalue weighted by molar-refractivity contribution is 5.46. The summed E-state index contributed by atoms with van der Waals surface area (Å²) in [5.41, 5.74) is 2.02. The van der Waals surface area contributed by atoms with Crippen molar-refractivity contribution in [2.75, 3.05) is 18.5 Å². The maximum absolute atomic E-state index is 5.40. The van der Waals surface area contributed by atoms with E-state index in [1.165, 1.54) is 5.56 Å². The fraction of sp³-hybridized carbons (Fsp3) is 0.500. The minimum Gasteiger partial charge on any atom is -0.379 e. The van der Waals surface area contributed by atoms with Gasteiger partial charge in [-0.05, 0) is 38.0 Å².